The third kappa shape index (κ3) is 3.27. The summed E-state index contributed by atoms with van der Waals surface area (Å²) < 4.78 is 26.8. The van der Waals surface area contributed by atoms with Crippen molar-refractivity contribution in [3.8, 4) is 0 Å². The first kappa shape index (κ1) is 14.3. The van der Waals surface area contributed by atoms with Gasteiger partial charge < -0.3 is 4.98 Å². The van der Waals surface area contributed by atoms with Crippen LogP contribution < -0.4 is 4.72 Å². The summed E-state index contributed by atoms with van der Waals surface area (Å²) >= 11 is 11.6. The fraction of sp³-hybridized carbons (Fsp3) is 0.182. The van der Waals surface area contributed by atoms with Gasteiger partial charge in [-0.3, -0.25) is 0 Å². The quantitative estimate of drug-likeness (QED) is 0.909. The standard InChI is InChI=1S/C11H11Cl2N3O2S/c1-7(11-14-4-5-15-11)16-19(17,18)8-2-3-9(12)10(13)6-8/h2-7,16H,1H3,(H,14,15). The number of imidazole rings is 1. The van der Waals surface area contributed by atoms with Gasteiger partial charge >= 0.3 is 0 Å². The van der Waals surface area contributed by atoms with Gasteiger partial charge in [-0.2, -0.15) is 0 Å². The summed E-state index contributed by atoms with van der Waals surface area (Å²) in [4.78, 5) is 6.90. The van der Waals surface area contributed by atoms with Crippen LogP contribution in [-0.4, -0.2) is 18.4 Å². The lowest BCUT2D eigenvalue weighted by Gasteiger charge is -2.12. The molecule has 0 aliphatic carbocycles. The van der Waals surface area contributed by atoms with Crippen LogP contribution in [0.25, 0.3) is 0 Å². The molecule has 0 spiro atoms. The monoisotopic (exact) mass is 319 g/mol. The van der Waals surface area contributed by atoms with Crippen LogP contribution in [0.4, 0.5) is 0 Å². The summed E-state index contributed by atoms with van der Waals surface area (Å²) in [5.74, 6) is 0.531. The number of aromatic nitrogens is 2. The zero-order valence-corrected chi connectivity index (χ0v) is 12.2. The van der Waals surface area contributed by atoms with Crippen molar-refractivity contribution in [1.82, 2.24) is 14.7 Å². The van der Waals surface area contributed by atoms with Gasteiger partial charge in [-0.15, -0.1) is 0 Å². The van der Waals surface area contributed by atoms with E-state index < -0.39 is 16.1 Å². The average molecular weight is 320 g/mol. The van der Waals surface area contributed by atoms with E-state index in [1.165, 1.54) is 18.2 Å². The van der Waals surface area contributed by atoms with E-state index in [1.807, 2.05) is 0 Å². The van der Waals surface area contributed by atoms with E-state index in [9.17, 15) is 8.42 Å². The number of sulfonamides is 1. The van der Waals surface area contributed by atoms with Crippen LogP contribution >= 0.6 is 23.2 Å². The number of halogens is 2. The van der Waals surface area contributed by atoms with Crippen LogP contribution in [0, 0.1) is 0 Å². The molecule has 2 N–H and O–H groups in total. The van der Waals surface area contributed by atoms with E-state index in [-0.39, 0.29) is 9.92 Å². The van der Waals surface area contributed by atoms with Crippen LogP contribution in [0.5, 0.6) is 0 Å². The maximum absolute atomic E-state index is 12.1. The lowest BCUT2D eigenvalue weighted by molar-refractivity contribution is 0.561. The summed E-state index contributed by atoms with van der Waals surface area (Å²) in [6.45, 7) is 1.69. The molecule has 102 valence electrons. The SMILES string of the molecule is CC(NS(=O)(=O)c1ccc(Cl)c(Cl)c1)c1ncc[nH]1. The fourth-order valence-electron chi connectivity index (χ4n) is 1.51. The first-order chi connectivity index (χ1) is 8.90. The molecule has 0 aliphatic heterocycles. The van der Waals surface area contributed by atoms with E-state index in [4.69, 9.17) is 23.2 Å². The van der Waals surface area contributed by atoms with Crippen LogP contribution in [0.15, 0.2) is 35.5 Å². The lowest BCUT2D eigenvalue weighted by atomic mass is 10.3. The molecular formula is C11H11Cl2N3O2S. The van der Waals surface area contributed by atoms with Gasteiger partial charge in [0, 0.05) is 12.4 Å². The molecule has 1 heterocycles. The normalized spacial score (nSPS) is 13.4. The van der Waals surface area contributed by atoms with Gasteiger partial charge in [0.2, 0.25) is 10.0 Å². The number of benzene rings is 1. The molecule has 1 aromatic carbocycles. The average Bonchev–Trinajstić information content (AvgIpc) is 2.85. The zero-order chi connectivity index (χ0) is 14.0. The Kier molecular flexibility index (Phi) is 4.15. The lowest BCUT2D eigenvalue weighted by Crippen LogP contribution is -2.27. The largest absolute Gasteiger partial charge is 0.347 e. The number of rotatable bonds is 4. The zero-order valence-electron chi connectivity index (χ0n) is 9.89. The van der Waals surface area contributed by atoms with Crippen molar-refractivity contribution < 1.29 is 8.42 Å². The first-order valence-electron chi connectivity index (χ1n) is 5.37. The summed E-state index contributed by atoms with van der Waals surface area (Å²) in [6, 6.07) is 3.66. The second-order valence-corrected chi connectivity index (χ2v) is 6.42. The van der Waals surface area contributed by atoms with Gasteiger partial charge in [-0.25, -0.2) is 18.1 Å². The third-order valence-corrected chi connectivity index (χ3v) is 4.74. The Labute approximate surface area is 121 Å². The molecular weight excluding hydrogens is 309 g/mol. The van der Waals surface area contributed by atoms with Gasteiger partial charge in [-0.1, -0.05) is 23.2 Å². The Morgan fingerprint density at radius 1 is 1.32 bits per heavy atom. The molecule has 0 amide bonds. The van der Waals surface area contributed by atoms with Crippen molar-refractivity contribution >= 4 is 33.2 Å². The summed E-state index contributed by atoms with van der Waals surface area (Å²) in [5, 5.41) is 0.495. The minimum atomic E-state index is -3.68. The molecule has 0 aliphatic rings. The van der Waals surface area contributed by atoms with Gasteiger partial charge in [-0.05, 0) is 25.1 Å². The second-order valence-electron chi connectivity index (χ2n) is 3.89. The summed E-state index contributed by atoms with van der Waals surface area (Å²) in [5.41, 5.74) is 0. The second kappa shape index (κ2) is 5.50. The highest BCUT2D eigenvalue weighted by molar-refractivity contribution is 7.89. The topological polar surface area (TPSA) is 74.8 Å². The molecule has 0 saturated carbocycles. The van der Waals surface area contributed by atoms with E-state index in [1.54, 1.807) is 19.3 Å². The molecule has 1 aromatic heterocycles. The van der Waals surface area contributed by atoms with Gasteiger partial charge in [0.25, 0.3) is 0 Å². The van der Waals surface area contributed by atoms with Crippen molar-refractivity contribution in [3.63, 3.8) is 0 Å². The number of hydrogen-bond donors (Lipinski definition) is 2. The molecule has 8 heteroatoms. The summed E-state index contributed by atoms with van der Waals surface area (Å²) in [6.07, 6.45) is 3.18. The van der Waals surface area contributed by atoms with Crippen LogP contribution in [0.1, 0.15) is 18.8 Å². The minimum absolute atomic E-state index is 0.0558. The van der Waals surface area contributed by atoms with E-state index in [0.29, 0.717) is 10.8 Å². The number of H-pyrrole nitrogens is 1. The Morgan fingerprint density at radius 2 is 2.05 bits per heavy atom. The van der Waals surface area contributed by atoms with Gasteiger partial charge in [0.05, 0.1) is 21.0 Å². The first-order valence-corrected chi connectivity index (χ1v) is 7.61. The molecule has 0 radical (unpaired) electrons. The third-order valence-electron chi connectivity index (χ3n) is 2.46. The molecule has 2 rings (SSSR count). The Bertz CT molecular complexity index is 671. The smallest absolute Gasteiger partial charge is 0.241 e. The molecule has 2 aromatic rings. The minimum Gasteiger partial charge on any atom is -0.347 e. The molecule has 0 fully saturated rings. The Balaban J connectivity index is 2.25. The van der Waals surface area contributed by atoms with E-state index in [2.05, 4.69) is 14.7 Å². The van der Waals surface area contributed by atoms with Crippen molar-refractivity contribution in [3.05, 3.63) is 46.5 Å². The van der Waals surface area contributed by atoms with Crippen molar-refractivity contribution in [2.75, 3.05) is 0 Å². The Hall–Kier alpha value is -1.08. The fourth-order valence-corrected chi connectivity index (χ4v) is 3.11. The van der Waals surface area contributed by atoms with Crippen molar-refractivity contribution in [2.24, 2.45) is 0 Å². The number of aromatic amines is 1. The highest BCUT2D eigenvalue weighted by Crippen LogP contribution is 2.25. The molecule has 5 nitrogen and oxygen atoms in total. The molecule has 1 unspecified atom stereocenters. The predicted octanol–water partition coefficient (Wildman–Crippen LogP) is 2.76. The van der Waals surface area contributed by atoms with Gasteiger partial charge in [0.1, 0.15) is 5.82 Å². The van der Waals surface area contributed by atoms with Gasteiger partial charge in [0.15, 0.2) is 0 Å². The van der Waals surface area contributed by atoms with Crippen molar-refractivity contribution in [2.45, 2.75) is 17.9 Å². The Morgan fingerprint density at radius 3 is 2.63 bits per heavy atom. The van der Waals surface area contributed by atoms with E-state index >= 15 is 0 Å². The van der Waals surface area contributed by atoms with Crippen LogP contribution in [0.2, 0.25) is 10.0 Å². The van der Waals surface area contributed by atoms with Crippen LogP contribution in [0.3, 0.4) is 0 Å². The molecule has 1 atom stereocenters. The predicted molar refractivity (Wildman–Crippen MR) is 73.8 cm³/mol. The number of nitrogens with one attached hydrogen (secondary N) is 2. The summed E-state index contributed by atoms with van der Waals surface area (Å²) in [7, 11) is -3.68. The van der Waals surface area contributed by atoms with E-state index in [0.717, 1.165) is 0 Å². The highest BCUT2D eigenvalue weighted by atomic mass is 35.5. The molecule has 19 heavy (non-hydrogen) atoms. The van der Waals surface area contributed by atoms with Crippen LogP contribution in [-0.2, 0) is 10.0 Å². The highest BCUT2D eigenvalue weighted by Gasteiger charge is 2.20. The number of hydrogen-bond acceptors (Lipinski definition) is 3. The van der Waals surface area contributed by atoms with Crippen molar-refractivity contribution in [1.29, 1.82) is 0 Å². The molecule has 0 saturated heterocycles. The maximum Gasteiger partial charge on any atom is 0.241 e. The maximum atomic E-state index is 12.1. The molecule has 0 bridgehead atoms. The number of nitrogens with zero attached hydrogens (tertiary/aromatic N) is 1.